The molecular formula is C34H67NO6. The van der Waals surface area contributed by atoms with Crippen LogP contribution in [-0.2, 0) is 23.8 Å². The maximum atomic E-state index is 12.1. The molecule has 0 fully saturated rings. The van der Waals surface area contributed by atoms with Crippen molar-refractivity contribution in [1.82, 2.24) is 5.32 Å². The molecule has 2 N–H and O–H groups in total. The molecule has 0 aromatic rings. The lowest BCUT2D eigenvalue weighted by Gasteiger charge is -2.16. The molecule has 0 aromatic carbocycles. The summed E-state index contributed by atoms with van der Waals surface area (Å²) in [6, 6.07) is 0. The number of aliphatic hydroxyl groups is 1. The van der Waals surface area contributed by atoms with Gasteiger partial charge in [-0.15, -0.1) is 0 Å². The number of hydrogen-bond acceptors (Lipinski definition) is 6. The Hall–Kier alpha value is -1.18. The summed E-state index contributed by atoms with van der Waals surface area (Å²) < 4.78 is 16.3. The first-order valence-corrected chi connectivity index (χ1v) is 17.3. The number of ether oxygens (including phenoxy) is 3. The second-order valence-corrected chi connectivity index (χ2v) is 11.7. The highest BCUT2D eigenvalue weighted by Gasteiger charge is 2.13. The normalized spacial score (nSPS) is 12.0. The van der Waals surface area contributed by atoms with Gasteiger partial charge in [0.05, 0.1) is 13.2 Å². The van der Waals surface area contributed by atoms with Crippen LogP contribution in [0, 0.1) is 0 Å². The van der Waals surface area contributed by atoms with Gasteiger partial charge < -0.3 is 24.6 Å². The van der Waals surface area contributed by atoms with E-state index in [4.69, 9.17) is 14.2 Å². The van der Waals surface area contributed by atoms with Crippen LogP contribution in [0.1, 0.15) is 168 Å². The van der Waals surface area contributed by atoms with Gasteiger partial charge in [-0.2, -0.15) is 0 Å². The topological polar surface area (TPSA) is 94.1 Å². The van der Waals surface area contributed by atoms with E-state index in [9.17, 15) is 14.7 Å². The summed E-state index contributed by atoms with van der Waals surface area (Å²) in [5.41, 5.74) is 0. The molecule has 7 heteroatoms. The fraction of sp³-hybridized carbons (Fsp3) is 0.941. The van der Waals surface area contributed by atoms with Crippen molar-refractivity contribution < 1.29 is 28.9 Å². The first kappa shape index (κ1) is 39.8. The minimum absolute atomic E-state index is 0.0654. The summed E-state index contributed by atoms with van der Waals surface area (Å²) >= 11 is 0. The number of nitrogens with one attached hydrogen (secondary N) is 1. The number of hydrogen-bond donors (Lipinski definition) is 2. The molecule has 1 atom stereocenters. The van der Waals surface area contributed by atoms with E-state index < -0.39 is 6.10 Å². The summed E-state index contributed by atoms with van der Waals surface area (Å²) in [7, 11) is 0. The van der Waals surface area contributed by atoms with Gasteiger partial charge in [0.2, 0.25) is 5.91 Å². The van der Waals surface area contributed by atoms with Gasteiger partial charge >= 0.3 is 5.97 Å². The molecule has 244 valence electrons. The number of aliphatic hydroxyl groups excluding tert-OH is 1. The zero-order valence-corrected chi connectivity index (χ0v) is 27.1. The lowest BCUT2D eigenvalue weighted by molar-refractivity contribution is -0.159. The van der Waals surface area contributed by atoms with Crippen molar-refractivity contribution in [1.29, 1.82) is 0 Å². The standard InChI is InChI=1S/C34H67NO6/c1-3-4-5-6-7-8-9-11-14-17-20-23-26-34(38)41-33(29-36)30-40-31-39-28-25-22-19-16-13-10-12-15-18-21-24-27-35-32(2)37/h33,36H,3-31H2,1-2H3,(H,35,37)/t33-/m1/s1. The van der Waals surface area contributed by atoms with Gasteiger partial charge in [-0.3, -0.25) is 9.59 Å². The van der Waals surface area contributed by atoms with Crippen LogP contribution in [-0.4, -0.2) is 56.2 Å². The van der Waals surface area contributed by atoms with Crippen molar-refractivity contribution in [2.45, 2.75) is 174 Å². The largest absolute Gasteiger partial charge is 0.457 e. The molecule has 0 aliphatic carbocycles. The smallest absolute Gasteiger partial charge is 0.306 e. The maximum absolute atomic E-state index is 12.1. The molecule has 0 aromatic heterocycles. The van der Waals surface area contributed by atoms with E-state index in [0.29, 0.717) is 13.0 Å². The molecule has 7 nitrogen and oxygen atoms in total. The Morgan fingerprint density at radius 3 is 1.59 bits per heavy atom. The molecule has 1 amide bonds. The third-order valence-corrected chi connectivity index (χ3v) is 7.55. The third-order valence-electron chi connectivity index (χ3n) is 7.55. The summed E-state index contributed by atoms with van der Waals surface area (Å²) in [6.07, 6.45) is 28.4. The SMILES string of the molecule is CCCCCCCCCCCCCCC(=O)O[C@H](CO)COCOCCCCCCCCCCCCCNC(C)=O. The molecule has 0 aliphatic rings. The lowest BCUT2D eigenvalue weighted by atomic mass is 10.0. The first-order valence-electron chi connectivity index (χ1n) is 17.3. The van der Waals surface area contributed by atoms with Crippen molar-refractivity contribution in [3.63, 3.8) is 0 Å². The van der Waals surface area contributed by atoms with Gasteiger partial charge in [-0.05, 0) is 19.3 Å². The van der Waals surface area contributed by atoms with E-state index in [1.807, 2.05) is 0 Å². The van der Waals surface area contributed by atoms with E-state index in [-0.39, 0.29) is 31.9 Å². The zero-order chi connectivity index (χ0) is 30.1. The van der Waals surface area contributed by atoms with Crippen molar-refractivity contribution in [2.24, 2.45) is 0 Å². The Morgan fingerprint density at radius 1 is 0.634 bits per heavy atom. The molecule has 0 heterocycles. The monoisotopic (exact) mass is 585 g/mol. The van der Waals surface area contributed by atoms with Crippen molar-refractivity contribution in [2.75, 3.05) is 33.2 Å². The first-order chi connectivity index (χ1) is 20.1. The average Bonchev–Trinajstić information content (AvgIpc) is 2.96. The summed E-state index contributed by atoms with van der Waals surface area (Å²) in [5.74, 6) is -0.185. The Morgan fingerprint density at radius 2 is 1.10 bits per heavy atom. The average molecular weight is 586 g/mol. The molecule has 0 rings (SSSR count). The molecule has 0 spiro atoms. The number of unbranched alkanes of at least 4 members (excludes halogenated alkanes) is 21. The number of amides is 1. The number of rotatable bonds is 33. The zero-order valence-electron chi connectivity index (χ0n) is 27.1. The van der Waals surface area contributed by atoms with Gasteiger partial charge in [0, 0.05) is 26.5 Å². The van der Waals surface area contributed by atoms with E-state index in [2.05, 4.69) is 12.2 Å². The highest BCUT2D eigenvalue weighted by molar-refractivity contribution is 5.72. The minimum atomic E-state index is -0.618. The van der Waals surface area contributed by atoms with Crippen molar-refractivity contribution in [3.05, 3.63) is 0 Å². The molecule has 41 heavy (non-hydrogen) atoms. The van der Waals surface area contributed by atoms with E-state index in [1.54, 1.807) is 6.92 Å². The van der Waals surface area contributed by atoms with Crippen LogP contribution < -0.4 is 5.32 Å². The number of esters is 1. The van der Waals surface area contributed by atoms with Crippen LogP contribution in [0.25, 0.3) is 0 Å². The summed E-state index contributed by atoms with van der Waals surface area (Å²) in [5, 5.41) is 12.3. The minimum Gasteiger partial charge on any atom is -0.457 e. The van der Waals surface area contributed by atoms with Crippen LogP contribution in [0.5, 0.6) is 0 Å². The highest BCUT2D eigenvalue weighted by atomic mass is 16.7. The van der Waals surface area contributed by atoms with Gasteiger partial charge in [-0.1, -0.05) is 135 Å². The fourth-order valence-electron chi connectivity index (χ4n) is 4.96. The lowest BCUT2D eigenvalue weighted by Crippen LogP contribution is -2.27. The maximum Gasteiger partial charge on any atom is 0.306 e. The fourth-order valence-corrected chi connectivity index (χ4v) is 4.96. The van der Waals surface area contributed by atoms with Crippen LogP contribution in [0.4, 0.5) is 0 Å². The Balaban J connectivity index is 3.38. The number of carbonyl (C=O) groups excluding carboxylic acids is 2. The van der Waals surface area contributed by atoms with Gasteiger partial charge in [0.25, 0.3) is 0 Å². The second-order valence-electron chi connectivity index (χ2n) is 11.7. The molecule has 0 unspecified atom stereocenters. The second kappa shape index (κ2) is 33.3. The Kier molecular flexibility index (Phi) is 32.4. The Bertz CT molecular complexity index is 559. The predicted molar refractivity (Wildman–Crippen MR) is 169 cm³/mol. The molecule has 0 bridgehead atoms. The third kappa shape index (κ3) is 33.2. The molecule has 0 radical (unpaired) electrons. The summed E-state index contributed by atoms with van der Waals surface area (Å²) in [4.78, 5) is 22.9. The van der Waals surface area contributed by atoms with Crippen LogP contribution >= 0.6 is 0 Å². The van der Waals surface area contributed by atoms with Crippen molar-refractivity contribution >= 4 is 11.9 Å². The van der Waals surface area contributed by atoms with Gasteiger partial charge in [-0.25, -0.2) is 0 Å². The van der Waals surface area contributed by atoms with Gasteiger partial charge in [0.1, 0.15) is 12.9 Å². The number of carbonyl (C=O) groups is 2. The van der Waals surface area contributed by atoms with Crippen LogP contribution in [0.15, 0.2) is 0 Å². The van der Waals surface area contributed by atoms with Crippen LogP contribution in [0.3, 0.4) is 0 Å². The quantitative estimate of drug-likeness (QED) is 0.0456. The van der Waals surface area contributed by atoms with E-state index in [1.165, 1.54) is 122 Å². The molecule has 0 saturated carbocycles. The highest BCUT2D eigenvalue weighted by Crippen LogP contribution is 2.13. The van der Waals surface area contributed by atoms with Crippen LogP contribution in [0.2, 0.25) is 0 Å². The molecule has 0 saturated heterocycles. The van der Waals surface area contributed by atoms with Gasteiger partial charge in [0.15, 0.2) is 0 Å². The van der Waals surface area contributed by atoms with Crippen molar-refractivity contribution in [3.8, 4) is 0 Å². The predicted octanol–water partition coefficient (Wildman–Crippen LogP) is 8.40. The van der Waals surface area contributed by atoms with E-state index in [0.717, 1.165) is 32.2 Å². The summed E-state index contributed by atoms with van der Waals surface area (Å²) in [6.45, 7) is 5.40. The Labute approximate surface area is 253 Å². The van der Waals surface area contributed by atoms with E-state index >= 15 is 0 Å². The molecular weight excluding hydrogens is 518 g/mol. The molecule has 0 aliphatic heterocycles.